The Hall–Kier alpha value is -1.13. The van der Waals surface area contributed by atoms with Gasteiger partial charge in [-0.05, 0) is 30.5 Å². The van der Waals surface area contributed by atoms with Crippen LogP contribution in [0.15, 0.2) is 23.1 Å². The minimum absolute atomic E-state index is 0.0652. The molecule has 19 heavy (non-hydrogen) atoms. The molecule has 0 radical (unpaired) electrons. The summed E-state index contributed by atoms with van der Waals surface area (Å²) in [5.74, 6) is 0.212. The van der Waals surface area contributed by atoms with Crippen molar-refractivity contribution in [2.24, 2.45) is 5.92 Å². The summed E-state index contributed by atoms with van der Waals surface area (Å²) in [6.45, 7) is 1.60. The summed E-state index contributed by atoms with van der Waals surface area (Å²) in [7, 11) is -3.59. The third-order valence-electron chi connectivity index (χ3n) is 2.96. The van der Waals surface area contributed by atoms with E-state index in [0.29, 0.717) is 19.8 Å². The fourth-order valence-electron chi connectivity index (χ4n) is 1.81. The van der Waals surface area contributed by atoms with E-state index in [-0.39, 0.29) is 21.4 Å². The number of halogens is 1. The number of rotatable bonds is 4. The van der Waals surface area contributed by atoms with Crippen LogP contribution in [0.3, 0.4) is 0 Å². The Morgan fingerprint density at radius 1 is 1.53 bits per heavy atom. The van der Waals surface area contributed by atoms with Gasteiger partial charge in [0.05, 0.1) is 22.1 Å². The summed E-state index contributed by atoms with van der Waals surface area (Å²) in [5, 5.41) is 8.88. The molecule has 102 valence electrons. The second-order valence-electron chi connectivity index (χ2n) is 4.33. The van der Waals surface area contributed by atoms with E-state index in [2.05, 4.69) is 4.72 Å². The summed E-state index contributed by atoms with van der Waals surface area (Å²) in [6, 6.07) is 5.94. The lowest BCUT2D eigenvalue weighted by atomic mass is 10.1. The number of hydrogen-bond acceptors (Lipinski definition) is 4. The molecule has 0 bridgehead atoms. The van der Waals surface area contributed by atoms with Crippen LogP contribution in [-0.4, -0.2) is 28.2 Å². The average Bonchev–Trinajstić information content (AvgIpc) is 2.89. The largest absolute Gasteiger partial charge is 0.381 e. The van der Waals surface area contributed by atoms with E-state index in [0.717, 1.165) is 6.42 Å². The van der Waals surface area contributed by atoms with E-state index in [1.165, 1.54) is 18.2 Å². The Balaban J connectivity index is 2.10. The molecule has 1 saturated heterocycles. The number of nitriles is 1. The first-order valence-electron chi connectivity index (χ1n) is 5.80. The number of nitrogens with zero attached hydrogens (tertiary/aromatic N) is 1. The quantitative estimate of drug-likeness (QED) is 0.914. The summed E-state index contributed by atoms with van der Waals surface area (Å²) in [5.41, 5.74) is 0.254. The van der Waals surface area contributed by atoms with Crippen molar-refractivity contribution in [3.05, 3.63) is 28.8 Å². The van der Waals surface area contributed by atoms with Crippen LogP contribution in [0, 0.1) is 17.2 Å². The fourth-order valence-corrected chi connectivity index (χ4v) is 3.24. The van der Waals surface area contributed by atoms with Gasteiger partial charge in [-0.25, -0.2) is 13.1 Å². The van der Waals surface area contributed by atoms with Crippen molar-refractivity contribution in [2.75, 3.05) is 19.8 Å². The van der Waals surface area contributed by atoms with E-state index < -0.39 is 10.0 Å². The standard InChI is InChI=1S/C12H13ClN2O3S/c13-12-5-11(2-1-10(12)6-14)19(16,17)15-7-9-3-4-18-8-9/h1-2,5,9,15H,3-4,7-8H2. The van der Waals surface area contributed by atoms with Crippen molar-refractivity contribution >= 4 is 21.6 Å². The van der Waals surface area contributed by atoms with Crippen molar-refractivity contribution in [3.63, 3.8) is 0 Å². The molecule has 5 nitrogen and oxygen atoms in total. The van der Waals surface area contributed by atoms with Gasteiger partial charge < -0.3 is 4.74 Å². The minimum atomic E-state index is -3.59. The Labute approximate surface area is 117 Å². The topological polar surface area (TPSA) is 79.2 Å². The molecular weight excluding hydrogens is 288 g/mol. The predicted octanol–water partition coefficient (Wildman–Crippen LogP) is 1.53. The SMILES string of the molecule is N#Cc1ccc(S(=O)(=O)NCC2CCOC2)cc1Cl. The van der Waals surface area contributed by atoms with E-state index in [9.17, 15) is 8.42 Å². The molecular formula is C12H13ClN2O3S. The maximum Gasteiger partial charge on any atom is 0.240 e. The second-order valence-corrected chi connectivity index (χ2v) is 6.51. The zero-order valence-electron chi connectivity index (χ0n) is 10.1. The van der Waals surface area contributed by atoms with Gasteiger partial charge in [-0.2, -0.15) is 5.26 Å². The van der Waals surface area contributed by atoms with Crippen molar-refractivity contribution in [3.8, 4) is 6.07 Å². The van der Waals surface area contributed by atoms with Crippen LogP contribution in [0.5, 0.6) is 0 Å². The van der Waals surface area contributed by atoms with Crippen LogP contribution >= 0.6 is 11.6 Å². The van der Waals surface area contributed by atoms with Gasteiger partial charge in [-0.15, -0.1) is 0 Å². The molecule has 1 fully saturated rings. The van der Waals surface area contributed by atoms with Gasteiger partial charge >= 0.3 is 0 Å². The first-order valence-corrected chi connectivity index (χ1v) is 7.66. The Morgan fingerprint density at radius 3 is 2.89 bits per heavy atom. The van der Waals surface area contributed by atoms with Crippen molar-refractivity contribution < 1.29 is 13.2 Å². The molecule has 7 heteroatoms. The first kappa shape index (κ1) is 14.3. The lowest BCUT2D eigenvalue weighted by Crippen LogP contribution is -2.29. The zero-order chi connectivity index (χ0) is 13.9. The molecule has 0 spiro atoms. The van der Waals surface area contributed by atoms with E-state index in [1.54, 1.807) is 0 Å². The summed E-state index contributed by atoms with van der Waals surface area (Å²) in [6.07, 6.45) is 0.858. The van der Waals surface area contributed by atoms with Gasteiger partial charge in [-0.3, -0.25) is 0 Å². The number of hydrogen-bond donors (Lipinski definition) is 1. The molecule has 1 aromatic carbocycles. The average molecular weight is 301 g/mol. The molecule has 1 unspecified atom stereocenters. The third kappa shape index (κ3) is 3.45. The Kier molecular flexibility index (Phi) is 4.42. The highest BCUT2D eigenvalue weighted by Crippen LogP contribution is 2.20. The predicted molar refractivity (Wildman–Crippen MR) is 70.3 cm³/mol. The number of ether oxygens (including phenoxy) is 1. The highest BCUT2D eigenvalue weighted by molar-refractivity contribution is 7.89. The van der Waals surface area contributed by atoms with Crippen LogP contribution in [0.25, 0.3) is 0 Å². The molecule has 1 atom stereocenters. The highest BCUT2D eigenvalue weighted by atomic mass is 35.5. The van der Waals surface area contributed by atoms with E-state index in [4.69, 9.17) is 21.6 Å². The molecule has 0 aromatic heterocycles. The van der Waals surface area contributed by atoms with Gasteiger partial charge in [0.1, 0.15) is 6.07 Å². The Morgan fingerprint density at radius 2 is 2.32 bits per heavy atom. The smallest absolute Gasteiger partial charge is 0.240 e. The number of nitrogens with one attached hydrogen (secondary N) is 1. The fraction of sp³-hybridized carbons (Fsp3) is 0.417. The number of benzene rings is 1. The lowest BCUT2D eigenvalue weighted by molar-refractivity contribution is 0.186. The third-order valence-corrected chi connectivity index (χ3v) is 4.69. The summed E-state index contributed by atoms with van der Waals surface area (Å²) in [4.78, 5) is 0.0652. The minimum Gasteiger partial charge on any atom is -0.381 e. The molecule has 1 heterocycles. The van der Waals surface area contributed by atoms with Gasteiger partial charge in [-0.1, -0.05) is 11.6 Å². The first-order chi connectivity index (χ1) is 9.03. The van der Waals surface area contributed by atoms with E-state index >= 15 is 0 Å². The van der Waals surface area contributed by atoms with Gasteiger partial charge in [0.25, 0.3) is 0 Å². The molecule has 2 rings (SSSR count). The van der Waals surface area contributed by atoms with Crippen LogP contribution in [0.2, 0.25) is 5.02 Å². The highest BCUT2D eigenvalue weighted by Gasteiger charge is 2.20. The Bertz CT molecular complexity index is 604. The van der Waals surface area contributed by atoms with Crippen molar-refractivity contribution in [2.45, 2.75) is 11.3 Å². The summed E-state index contributed by atoms with van der Waals surface area (Å²) >= 11 is 5.83. The molecule has 0 saturated carbocycles. The number of sulfonamides is 1. The van der Waals surface area contributed by atoms with Crippen LogP contribution in [0.1, 0.15) is 12.0 Å². The molecule has 1 N–H and O–H groups in total. The van der Waals surface area contributed by atoms with Crippen molar-refractivity contribution in [1.82, 2.24) is 4.72 Å². The molecule has 0 amide bonds. The van der Waals surface area contributed by atoms with E-state index in [1.807, 2.05) is 6.07 Å². The zero-order valence-corrected chi connectivity index (χ0v) is 11.7. The maximum atomic E-state index is 12.0. The van der Waals surface area contributed by atoms with Crippen LogP contribution in [-0.2, 0) is 14.8 Å². The van der Waals surface area contributed by atoms with Crippen LogP contribution in [0.4, 0.5) is 0 Å². The van der Waals surface area contributed by atoms with Crippen LogP contribution < -0.4 is 4.72 Å². The van der Waals surface area contributed by atoms with Crippen molar-refractivity contribution in [1.29, 1.82) is 5.26 Å². The monoisotopic (exact) mass is 300 g/mol. The van der Waals surface area contributed by atoms with Gasteiger partial charge in [0.2, 0.25) is 10.0 Å². The normalized spacial score (nSPS) is 19.3. The molecule has 1 aliphatic rings. The molecule has 1 aliphatic heterocycles. The second kappa shape index (κ2) is 5.88. The lowest BCUT2D eigenvalue weighted by Gasteiger charge is -2.10. The molecule has 0 aliphatic carbocycles. The summed E-state index contributed by atoms with van der Waals surface area (Å²) < 4.78 is 31.8. The molecule has 1 aromatic rings. The maximum absolute atomic E-state index is 12.0. The van der Waals surface area contributed by atoms with Gasteiger partial charge in [0, 0.05) is 13.2 Å². The van der Waals surface area contributed by atoms with Gasteiger partial charge in [0.15, 0.2) is 0 Å².